The summed E-state index contributed by atoms with van der Waals surface area (Å²) in [6.45, 7) is 1.25. The number of nitrogens with one attached hydrogen (secondary N) is 1. The van der Waals surface area contributed by atoms with Crippen molar-refractivity contribution < 1.29 is 12.8 Å². The smallest absolute Gasteiger partial charge is 0.267 e. The molecular weight excluding hydrogens is 295 g/mol. The van der Waals surface area contributed by atoms with E-state index in [1.807, 2.05) is 0 Å². The van der Waals surface area contributed by atoms with E-state index in [2.05, 4.69) is 10.4 Å². The van der Waals surface area contributed by atoms with E-state index < -0.39 is 15.8 Å². The number of likely N-dealkylation sites (N-methyl/N-ethyl adjacent to an activating group) is 1. The van der Waals surface area contributed by atoms with Gasteiger partial charge in [-0.05, 0) is 25.2 Å². The molecule has 2 rings (SSSR count). The van der Waals surface area contributed by atoms with Crippen LogP contribution in [0, 0.1) is 5.82 Å². The fraction of sp³-hybridized carbons (Fsp3) is 0.308. The molecule has 2 aromatic rings. The summed E-state index contributed by atoms with van der Waals surface area (Å²) in [6, 6.07) is 5.43. The van der Waals surface area contributed by atoms with Gasteiger partial charge < -0.3 is 5.32 Å². The zero-order valence-electron chi connectivity index (χ0n) is 11.8. The molecule has 8 heteroatoms. The van der Waals surface area contributed by atoms with E-state index in [4.69, 9.17) is 0 Å². The van der Waals surface area contributed by atoms with Crippen molar-refractivity contribution in [2.24, 2.45) is 0 Å². The average Bonchev–Trinajstić information content (AvgIpc) is 2.93. The molecule has 0 atom stereocenters. The van der Waals surface area contributed by atoms with Gasteiger partial charge in [0.1, 0.15) is 10.7 Å². The standard InChI is InChI=1S/C13H17FN4O2S/c1-15-6-7-18-10-13(9-16-18)21(19,20)17(2)12-5-3-4-11(14)8-12/h3-5,8-10,15H,6-7H2,1-2H3. The molecule has 0 aliphatic rings. The van der Waals surface area contributed by atoms with E-state index in [0.29, 0.717) is 13.1 Å². The molecule has 0 saturated heterocycles. The van der Waals surface area contributed by atoms with Gasteiger partial charge in [0.2, 0.25) is 0 Å². The molecule has 6 nitrogen and oxygen atoms in total. The predicted molar refractivity (Wildman–Crippen MR) is 78.1 cm³/mol. The molecule has 1 aromatic heterocycles. The third kappa shape index (κ3) is 3.40. The molecule has 1 aromatic carbocycles. The highest BCUT2D eigenvalue weighted by Gasteiger charge is 2.23. The minimum atomic E-state index is -3.75. The molecule has 114 valence electrons. The third-order valence-corrected chi connectivity index (χ3v) is 4.77. The van der Waals surface area contributed by atoms with Crippen molar-refractivity contribution in [2.75, 3.05) is 24.9 Å². The van der Waals surface area contributed by atoms with Gasteiger partial charge in [0.05, 0.1) is 18.4 Å². The first-order valence-corrected chi connectivity index (χ1v) is 7.80. The van der Waals surface area contributed by atoms with E-state index in [1.54, 1.807) is 11.7 Å². The molecule has 0 spiro atoms. The van der Waals surface area contributed by atoms with Crippen LogP contribution in [0.3, 0.4) is 0 Å². The van der Waals surface area contributed by atoms with Crippen molar-refractivity contribution in [3.63, 3.8) is 0 Å². The normalized spacial score (nSPS) is 11.6. The number of nitrogens with zero attached hydrogens (tertiary/aromatic N) is 3. The minimum Gasteiger partial charge on any atom is -0.318 e. The van der Waals surface area contributed by atoms with Gasteiger partial charge in [-0.1, -0.05) is 6.07 Å². The van der Waals surface area contributed by atoms with Crippen molar-refractivity contribution in [1.82, 2.24) is 15.1 Å². The Bertz CT molecular complexity index is 714. The summed E-state index contributed by atoms with van der Waals surface area (Å²) in [6.07, 6.45) is 2.75. The van der Waals surface area contributed by atoms with Crippen LogP contribution in [0.4, 0.5) is 10.1 Å². The number of benzene rings is 1. The first-order valence-electron chi connectivity index (χ1n) is 6.36. The maximum absolute atomic E-state index is 13.2. The van der Waals surface area contributed by atoms with Crippen molar-refractivity contribution in [2.45, 2.75) is 11.4 Å². The first kappa shape index (κ1) is 15.5. The lowest BCUT2D eigenvalue weighted by Crippen LogP contribution is -2.26. The number of hydrogen-bond acceptors (Lipinski definition) is 4. The molecule has 1 heterocycles. The number of halogens is 1. The molecule has 0 bridgehead atoms. The predicted octanol–water partition coefficient (Wildman–Crippen LogP) is 1.07. The van der Waals surface area contributed by atoms with Gasteiger partial charge in [-0.25, -0.2) is 12.8 Å². The average molecular weight is 312 g/mol. The molecule has 21 heavy (non-hydrogen) atoms. The Hall–Kier alpha value is -1.93. The number of aromatic nitrogens is 2. The Labute approximate surface area is 123 Å². The third-order valence-electron chi connectivity index (χ3n) is 3.03. The van der Waals surface area contributed by atoms with Crippen LogP contribution in [0.15, 0.2) is 41.6 Å². The molecule has 0 radical (unpaired) electrons. The maximum Gasteiger partial charge on any atom is 0.267 e. The molecule has 0 aliphatic carbocycles. The first-order chi connectivity index (χ1) is 9.95. The van der Waals surface area contributed by atoms with Gasteiger partial charge in [0.15, 0.2) is 0 Å². The topological polar surface area (TPSA) is 67.2 Å². The van der Waals surface area contributed by atoms with Crippen LogP contribution in [-0.2, 0) is 16.6 Å². The number of rotatable bonds is 6. The second-order valence-corrected chi connectivity index (χ2v) is 6.46. The van der Waals surface area contributed by atoms with Crippen LogP contribution in [-0.4, -0.2) is 38.8 Å². The van der Waals surface area contributed by atoms with E-state index in [0.717, 1.165) is 4.31 Å². The summed E-state index contributed by atoms with van der Waals surface area (Å²) in [7, 11) is -0.562. The lowest BCUT2D eigenvalue weighted by molar-refractivity contribution is 0.581. The molecule has 0 saturated carbocycles. The quantitative estimate of drug-likeness (QED) is 0.866. The summed E-state index contributed by atoms with van der Waals surface area (Å²) in [5.41, 5.74) is 0.262. The molecule has 1 N–H and O–H groups in total. The highest BCUT2D eigenvalue weighted by Crippen LogP contribution is 2.22. The van der Waals surface area contributed by atoms with Crippen LogP contribution in [0.2, 0.25) is 0 Å². The lowest BCUT2D eigenvalue weighted by atomic mass is 10.3. The van der Waals surface area contributed by atoms with E-state index >= 15 is 0 Å². The van der Waals surface area contributed by atoms with Crippen LogP contribution in [0.5, 0.6) is 0 Å². The Kier molecular flexibility index (Phi) is 4.59. The van der Waals surface area contributed by atoms with Gasteiger partial charge in [-0.2, -0.15) is 5.10 Å². The highest BCUT2D eigenvalue weighted by molar-refractivity contribution is 7.92. The number of sulfonamides is 1. The van der Waals surface area contributed by atoms with Gasteiger partial charge in [0, 0.05) is 19.8 Å². The van der Waals surface area contributed by atoms with Crippen LogP contribution < -0.4 is 9.62 Å². The van der Waals surface area contributed by atoms with Crippen LogP contribution >= 0.6 is 0 Å². The molecule has 0 amide bonds. The highest BCUT2D eigenvalue weighted by atomic mass is 32.2. The molecular formula is C13H17FN4O2S. The minimum absolute atomic E-state index is 0.0744. The Morgan fingerprint density at radius 3 is 2.86 bits per heavy atom. The van der Waals surface area contributed by atoms with E-state index in [-0.39, 0.29) is 10.6 Å². The molecule has 0 fully saturated rings. The SMILES string of the molecule is CNCCn1cc(S(=O)(=O)N(C)c2cccc(F)c2)cn1. The fourth-order valence-corrected chi connectivity index (χ4v) is 2.94. The van der Waals surface area contributed by atoms with Crippen molar-refractivity contribution in [1.29, 1.82) is 0 Å². The van der Waals surface area contributed by atoms with Crippen LogP contribution in [0.1, 0.15) is 0 Å². The number of hydrogen-bond donors (Lipinski definition) is 1. The fourth-order valence-electron chi connectivity index (χ4n) is 1.80. The zero-order valence-corrected chi connectivity index (χ0v) is 12.6. The summed E-state index contributed by atoms with van der Waals surface area (Å²) in [4.78, 5) is 0.0744. The van der Waals surface area contributed by atoms with Gasteiger partial charge >= 0.3 is 0 Å². The monoisotopic (exact) mass is 312 g/mol. The van der Waals surface area contributed by atoms with Crippen molar-refractivity contribution in [3.8, 4) is 0 Å². The lowest BCUT2D eigenvalue weighted by Gasteiger charge is -2.18. The summed E-state index contributed by atoms with van der Waals surface area (Å²) in [5.74, 6) is -0.487. The second-order valence-electron chi connectivity index (χ2n) is 4.50. The summed E-state index contributed by atoms with van der Waals surface area (Å²) in [5, 5.41) is 6.97. The second kappa shape index (κ2) is 6.23. The molecule has 0 aliphatic heterocycles. The van der Waals surface area contributed by atoms with Gasteiger partial charge in [-0.3, -0.25) is 8.99 Å². The van der Waals surface area contributed by atoms with Crippen LogP contribution in [0.25, 0.3) is 0 Å². The van der Waals surface area contributed by atoms with Crippen molar-refractivity contribution in [3.05, 3.63) is 42.5 Å². The van der Waals surface area contributed by atoms with E-state index in [1.165, 1.54) is 43.7 Å². The van der Waals surface area contributed by atoms with Gasteiger partial charge in [0.25, 0.3) is 10.0 Å². The largest absolute Gasteiger partial charge is 0.318 e. The Morgan fingerprint density at radius 1 is 1.43 bits per heavy atom. The zero-order chi connectivity index (χ0) is 15.5. The summed E-state index contributed by atoms with van der Waals surface area (Å²) >= 11 is 0. The Morgan fingerprint density at radius 2 is 2.19 bits per heavy atom. The van der Waals surface area contributed by atoms with Gasteiger partial charge in [-0.15, -0.1) is 0 Å². The maximum atomic E-state index is 13.2. The molecule has 0 unspecified atom stereocenters. The summed E-state index contributed by atoms with van der Waals surface area (Å²) < 4.78 is 40.7. The Balaban J connectivity index is 2.26. The number of anilines is 1. The van der Waals surface area contributed by atoms with E-state index in [9.17, 15) is 12.8 Å². The van der Waals surface area contributed by atoms with Crippen molar-refractivity contribution >= 4 is 15.7 Å².